The molecule has 2 aromatic rings. The summed E-state index contributed by atoms with van der Waals surface area (Å²) in [6.45, 7) is 0.827. The zero-order valence-electron chi connectivity index (χ0n) is 11.4. The lowest BCUT2D eigenvalue weighted by molar-refractivity contribution is 0.344. The van der Waals surface area contributed by atoms with Crippen molar-refractivity contribution in [2.75, 3.05) is 6.61 Å². The number of rotatable bonds is 4. The summed E-state index contributed by atoms with van der Waals surface area (Å²) in [5.41, 5.74) is 3.70. The fraction of sp³-hybridized carbons (Fsp3) is 0.375. The van der Waals surface area contributed by atoms with Crippen LogP contribution in [0.3, 0.4) is 0 Å². The van der Waals surface area contributed by atoms with Gasteiger partial charge in [0.1, 0.15) is 6.07 Å². The summed E-state index contributed by atoms with van der Waals surface area (Å²) >= 11 is 0. The summed E-state index contributed by atoms with van der Waals surface area (Å²) in [4.78, 5) is 0. The Labute approximate surface area is 118 Å². The SMILES string of the molecule is N#CCOc1nn(Cc2ccccc2)c2c1CCCC2. The van der Waals surface area contributed by atoms with E-state index in [-0.39, 0.29) is 6.61 Å². The van der Waals surface area contributed by atoms with Crippen LogP contribution in [0, 0.1) is 11.3 Å². The van der Waals surface area contributed by atoms with E-state index in [4.69, 9.17) is 10.00 Å². The smallest absolute Gasteiger partial charge is 0.237 e. The molecule has 0 saturated heterocycles. The molecule has 0 atom stereocenters. The Morgan fingerprint density at radius 2 is 2.00 bits per heavy atom. The van der Waals surface area contributed by atoms with E-state index < -0.39 is 0 Å². The summed E-state index contributed by atoms with van der Waals surface area (Å²) < 4.78 is 7.52. The molecule has 0 unspecified atom stereocenters. The van der Waals surface area contributed by atoms with E-state index >= 15 is 0 Å². The molecule has 0 amide bonds. The average molecular weight is 267 g/mol. The monoisotopic (exact) mass is 267 g/mol. The molecule has 102 valence electrons. The van der Waals surface area contributed by atoms with Crippen LogP contribution in [0.1, 0.15) is 29.7 Å². The highest BCUT2D eigenvalue weighted by atomic mass is 16.5. The number of benzene rings is 1. The molecule has 1 aromatic carbocycles. The molecule has 1 aromatic heterocycles. The second kappa shape index (κ2) is 5.79. The van der Waals surface area contributed by atoms with Crippen molar-refractivity contribution in [3.63, 3.8) is 0 Å². The Kier molecular flexibility index (Phi) is 3.69. The van der Waals surface area contributed by atoms with Gasteiger partial charge in [0.05, 0.1) is 6.54 Å². The van der Waals surface area contributed by atoms with Crippen molar-refractivity contribution in [3.05, 3.63) is 47.2 Å². The summed E-state index contributed by atoms with van der Waals surface area (Å²) in [6.07, 6.45) is 4.42. The number of fused-ring (bicyclic) bond motifs is 1. The Morgan fingerprint density at radius 1 is 1.20 bits per heavy atom. The summed E-state index contributed by atoms with van der Waals surface area (Å²) in [5.74, 6) is 0.650. The summed E-state index contributed by atoms with van der Waals surface area (Å²) in [6, 6.07) is 12.3. The first kappa shape index (κ1) is 12.7. The summed E-state index contributed by atoms with van der Waals surface area (Å²) in [5, 5.41) is 13.2. The Balaban J connectivity index is 1.90. The first-order valence-electron chi connectivity index (χ1n) is 7.00. The van der Waals surface area contributed by atoms with E-state index in [1.54, 1.807) is 0 Å². The number of aromatic nitrogens is 2. The number of hydrogen-bond donors (Lipinski definition) is 0. The van der Waals surface area contributed by atoms with Crippen LogP contribution in [0.4, 0.5) is 0 Å². The highest BCUT2D eigenvalue weighted by molar-refractivity contribution is 5.34. The minimum Gasteiger partial charge on any atom is -0.461 e. The molecule has 3 rings (SSSR count). The van der Waals surface area contributed by atoms with E-state index in [0.29, 0.717) is 5.88 Å². The number of nitriles is 1. The van der Waals surface area contributed by atoms with Gasteiger partial charge in [0, 0.05) is 11.3 Å². The van der Waals surface area contributed by atoms with Gasteiger partial charge in [0.15, 0.2) is 6.61 Å². The largest absolute Gasteiger partial charge is 0.461 e. The van der Waals surface area contributed by atoms with Gasteiger partial charge >= 0.3 is 0 Å². The topological polar surface area (TPSA) is 50.8 Å². The van der Waals surface area contributed by atoms with E-state index in [1.165, 1.54) is 29.7 Å². The van der Waals surface area contributed by atoms with Gasteiger partial charge in [-0.3, -0.25) is 4.68 Å². The Morgan fingerprint density at radius 3 is 2.80 bits per heavy atom. The molecule has 0 saturated carbocycles. The molecule has 1 aliphatic carbocycles. The second-order valence-corrected chi connectivity index (χ2v) is 5.03. The third-order valence-corrected chi connectivity index (χ3v) is 3.67. The van der Waals surface area contributed by atoms with Crippen molar-refractivity contribution in [3.8, 4) is 11.9 Å². The van der Waals surface area contributed by atoms with Crippen LogP contribution in [-0.4, -0.2) is 16.4 Å². The van der Waals surface area contributed by atoms with Gasteiger partial charge in [-0.25, -0.2) is 0 Å². The van der Waals surface area contributed by atoms with Gasteiger partial charge < -0.3 is 4.74 Å². The van der Waals surface area contributed by atoms with Crippen molar-refractivity contribution >= 4 is 0 Å². The molecule has 1 aliphatic rings. The summed E-state index contributed by atoms with van der Waals surface area (Å²) in [7, 11) is 0. The molecule has 0 bridgehead atoms. The first-order chi connectivity index (χ1) is 9.88. The van der Waals surface area contributed by atoms with E-state index in [9.17, 15) is 0 Å². The zero-order chi connectivity index (χ0) is 13.8. The molecule has 0 fully saturated rings. The lowest BCUT2D eigenvalue weighted by Crippen LogP contribution is -2.10. The standard InChI is InChI=1S/C16H17N3O/c17-10-11-20-16-14-8-4-5-9-15(14)19(18-16)12-13-6-2-1-3-7-13/h1-3,6-7H,4-5,8-9,11-12H2. The molecule has 20 heavy (non-hydrogen) atoms. The second-order valence-electron chi connectivity index (χ2n) is 5.03. The highest BCUT2D eigenvalue weighted by Gasteiger charge is 2.21. The maximum Gasteiger partial charge on any atom is 0.237 e. The van der Waals surface area contributed by atoms with Gasteiger partial charge in [0.2, 0.25) is 5.88 Å². The van der Waals surface area contributed by atoms with Crippen LogP contribution < -0.4 is 4.74 Å². The number of ether oxygens (including phenoxy) is 1. The van der Waals surface area contributed by atoms with Crippen LogP contribution in [-0.2, 0) is 19.4 Å². The van der Waals surface area contributed by atoms with Gasteiger partial charge in [-0.2, -0.15) is 5.26 Å². The third kappa shape index (κ3) is 2.53. The fourth-order valence-electron chi connectivity index (χ4n) is 2.74. The molecule has 0 spiro atoms. The fourth-order valence-corrected chi connectivity index (χ4v) is 2.74. The quantitative estimate of drug-likeness (QED) is 0.855. The third-order valence-electron chi connectivity index (χ3n) is 3.67. The van der Waals surface area contributed by atoms with Gasteiger partial charge in [-0.05, 0) is 31.2 Å². The molecule has 4 heteroatoms. The molecule has 0 N–H and O–H groups in total. The minimum absolute atomic E-state index is 0.0643. The molecule has 1 heterocycles. The average Bonchev–Trinajstić information content (AvgIpc) is 2.85. The van der Waals surface area contributed by atoms with Crippen molar-refractivity contribution in [2.45, 2.75) is 32.2 Å². The van der Waals surface area contributed by atoms with Gasteiger partial charge in [-0.15, -0.1) is 5.10 Å². The van der Waals surface area contributed by atoms with Crippen LogP contribution in [0.25, 0.3) is 0 Å². The van der Waals surface area contributed by atoms with Crippen LogP contribution in [0.15, 0.2) is 30.3 Å². The maximum atomic E-state index is 8.66. The normalized spacial score (nSPS) is 13.6. The van der Waals surface area contributed by atoms with Crippen LogP contribution >= 0.6 is 0 Å². The molecule has 0 aliphatic heterocycles. The van der Waals surface area contributed by atoms with Crippen molar-refractivity contribution in [1.29, 1.82) is 5.26 Å². The Bertz CT molecular complexity index is 625. The molecular weight excluding hydrogens is 250 g/mol. The Hall–Kier alpha value is -2.28. The molecule has 0 radical (unpaired) electrons. The lowest BCUT2D eigenvalue weighted by Gasteiger charge is -2.13. The van der Waals surface area contributed by atoms with E-state index in [2.05, 4.69) is 17.2 Å². The number of nitrogens with zero attached hydrogens (tertiary/aromatic N) is 3. The van der Waals surface area contributed by atoms with Gasteiger partial charge in [0.25, 0.3) is 0 Å². The lowest BCUT2D eigenvalue weighted by atomic mass is 9.97. The van der Waals surface area contributed by atoms with Crippen molar-refractivity contribution in [2.24, 2.45) is 0 Å². The maximum absolute atomic E-state index is 8.66. The predicted molar refractivity (Wildman–Crippen MR) is 75.5 cm³/mol. The van der Waals surface area contributed by atoms with E-state index in [0.717, 1.165) is 19.4 Å². The van der Waals surface area contributed by atoms with Crippen molar-refractivity contribution in [1.82, 2.24) is 9.78 Å². The zero-order valence-corrected chi connectivity index (χ0v) is 11.4. The van der Waals surface area contributed by atoms with Crippen LogP contribution in [0.2, 0.25) is 0 Å². The van der Waals surface area contributed by atoms with Crippen LogP contribution in [0.5, 0.6) is 5.88 Å². The van der Waals surface area contributed by atoms with E-state index in [1.807, 2.05) is 29.0 Å². The molecule has 4 nitrogen and oxygen atoms in total. The van der Waals surface area contributed by atoms with Crippen molar-refractivity contribution < 1.29 is 4.74 Å². The van der Waals surface area contributed by atoms with Gasteiger partial charge in [-0.1, -0.05) is 30.3 Å². The number of hydrogen-bond acceptors (Lipinski definition) is 3. The highest BCUT2D eigenvalue weighted by Crippen LogP contribution is 2.29. The predicted octanol–water partition coefficient (Wildman–Crippen LogP) is 2.71. The molecular formula is C16H17N3O. The minimum atomic E-state index is 0.0643. The first-order valence-corrected chi connectivity index (χ1v) is 7.00.